The Bertz CT molecular complexity index is 411. The quantitative estimate of drug-likeness (QED) is 0.840. The molecule has 0 radical (unpaired) electrons. The maximum absolute atomic E-state index is 10.6. The van der Waals surface area contributed by atoms with Crippen LogP contribution in [0, 0.1) is 5.92 Å². The Morgan fingerprint density at radius 2 is 1.90 bits per heavy atom. The summed E-state index contributed by atoms with van der Waals surface area (Å²) in [6.07, 6.45) is 4.11. The molecule has 1 fully saturated rings. The molecular weight excluding hydrogens is 250 g/mol. The van der Waals surface area contributed by atoms with Gasteiger partial charge in [0.2, 0.25) is 0 Å². The summed E-state index contributed by atoms with van der Waals surface area (Å²) in [6, 6.07) is 8.30. The zero-order valence-corrected chi connectivity index (χ0v) is 12.7. The van der Waals surface area contributed by atoms with Crippen LogP contribution in [0.5, 0.6) is 0 Å². The number of benzene rings is 1. The van der Waals surface area contributed by atoms with E-state index in [1.54, 1.807) is 7.11 Å². The fraction of sp³-hybridized carbons (Fsp3) is 0.647. The molecule has 2 rings (SSSR count). The van der Waals surface area contributed by atoms with E-state index < -0.39 is 5.60 Å². The van der Waals surface area contributed by atoms with Crippen molar-refractivity contribution in [3.63, 3.8) is 0 Å². The minimum Gasteiger partial charge on any atom is -0.389 e. The van der Waals surface area contributed by atoms with Crippen LogP contribution in [0.2, 0.25) is 0 Å². The zero-order chi connectivity index (χ0) is 14.4. The first-order valence-corrected chi connectivity index (χ1v) is 7.62. The van der Waals surface area contributed by atoms with Gasteiger partial charge in [0.25, 0.3) is 0 Å². The number of ether oxygens (including phenoxy) is 1. The summed E-state index contributed by atoms with van der Waals surface area (Å²) >= 11 is 0. The lowest BCUT2D eigenvalue weighted by atomic mass is 9.79. The van der Waals surface area contributed by atoms with E-state index in [1.165, 1.54) is 11.1 Å². The topological polar surface area (TPSA) is 41.5 Å². The van der Waals surface area contributed by atoms with Gasteiger partial charge in [-0.3, -0.25) is 0 Å². The average Bonchev–Trinajstić information content (AvgIpc) is 2.45. The Kier molecular flexibility index (Phi) is 5.58. The van der Waals surface area contributed by atoms with E-state index in [4.69, 9.17) is 4.74 Å². The van der Waals surface area contributed by atoms with Crippen molar-refractivity contribution in [1.82, 2.24) is 5.32 Å². The van der Waals surface area contributed by atoms with Crippen molar-refractivity contribution >= 4 is 0 Å². The molecule has 2 N–H and O–H groups in total. The molecular formula is C17H27NO2. The van der Waals surface area contributed by atoms with Crippen LogP contribution in [-0.2, 0) is 17.9 Å². The molecule has 0 heterocycles. The van der Waals surface area contributed by atoms with E-state index in [0.717, 1.165) is 38.1 Å². The Morgan fingerprint density at radius 1 is 1.25 bits per heavy atom. The Balaban J connectivity index is 1.83. The van der Waals surface area contributed by atoms with E-state index in [1.807, 2.05) is 12.1 Å². The van der Waals surface area contributed by atoms with Gasteiger partial charge in [0.1, 0.15) is 0 Å². The van der Waals surface area contributed by atoms with Gasteiger partial charge in [-0.15, -0.1) is 0 Å². The first kappa shape index (κ1) is 15.5. The summed E-state index contributed by atoms with van der Waals surface area (Å²) in [7, 11) is 1.72. The molecule has 0 unspecified atom stereocenters. The maximum atomic E-state index is 10.6. The largest absolute Gasteiger partial charge is 0.389 e. The minimum atomic E-state index is -0.511. The second kappa shape index (κ2) is 7.21. The number of rotatable bonds is 6. The highest BCUT2D eigenvalue weighted by Crippen LogP contribution is 2.31. The average molecular weight is 277 g/mol. The molecule has 0 aliphatic heterocycles. The van der Waals surface area contributed by atoms with Gasteiger partial charge in [-0.1, -0.05) is 31.2 Å². The second-order valence-electron chi connectivity index (χ2n) is 6.21. The van der Waals surface area contributed by atoms with Crippen LogP contribution in [0.1, 0.15) is 43.7 Å². The van der Waals surface area contributed by atoms with Crippen molar-refractivity contribution in [3.8, 4) is 0 Å². The predicted molar refractivity (Wildman–Crippen MR) is 81.4 cm³/mol. The minimum absolute atomic E-state index is 0.511. The van der Waals surface area contributed by atoms with E-state index in [-0.39, 0.29) is 0 Å². The zero-order valence-electron chi connectivity index (χ0n) is 12.7. The number of aliphatic hydroxyl groups is 1. The lowest BCUT2D eigenvalue weighted by Crippen LogP contribution is -2.43. The normalized spacial score (nSPS) is 26.6. The van der Waals surface area contributed by atoms with Crippen molar-refractivity contribution < 1.29 is 9.84 Å². The molecule has 0 saturated heterocycles. The standard InChI is InChI=1S/C17H27NO2/c1-14-7-9-17(19,10-8-14)13-18-11-15-5-3-4-6-16(15)12-20-2/h3-6,14,18-19H,7-13H2,1-2H3. The molecule has 1 aliphatic carbocycles. The highest BCUT2D eigenvalue weighted by atomic mass is 16.5. The van der Waals surface area contributed by atoms with Crippen molar-refractivity contribution in [3.05, 3.63) is 35.4 Å². The molecule has 1 saturated carbocycles. The van der Waals surface area contributed by atoms with Gasteiger partial charge in [-0.05, 0) is 42.7 Å². The molecule has 0 atom stereocenters. The summed E-state index contributed by atoms with van der Waals surface area (Å²) in [5.74, 6) is 0.762. The monoisotopic (exact) mass is 277 g/mol. The fourth-order valence-electron chi connectivity index (χ4n) is 2.93. The summed E-state index contributed by atoms with van der Waals surface area (Å²) in [4.78, 5) is 0. The first-order valence-electron chi connectivity index (χ1n) is 7.62. The fourth-order valence-corrected chi connectivity index (χ4v) is 2.93. The third kappa shape index (κ3) is 4.30. The number of hydrogen-bond acceptors (Lipinski definition) is 3. The lowest BCUT2D eigenvalue weighted by Gasteiger charge is -2.35. The molecule has 1 aromatic carbocycles. The van der Waals surface area contributed by atoms with Crippen molar-refractivity contribution in [2.24, 2.45) is 5.92 Å². The van der Waals surface area contributed by atoms with Crippen molar-refractivity contribution in [1.29, 1.82) is 0 Å². The molecule has 1 aromatic rings. The van der Waals surface area contributed by atoms with Crippen LogP contribution in [0.3, 0.4) is 0 Å². The summed E-state index contributed by atoms with van der Waals surface area (Å²) in [5, 5.41) is 14.0. The molecule has 0 bridgehead atoms. The SMILES string of the molecule is COCc1ccccc1CNCC1(O)CCC(C)CC1. The summed E-state index contributed by atoms with van der Waals surface area (Å²) < 4.78 is 5.22. The summed E-state index contributed by atoms with van der Waals surface area (Å²) in [5.41, 5.74) is 1.96. The van der Waals surface area contributed by atoms with E-state index in [2.05, 4.69) is 24.4 Å². The molecule has 20 heavy (non-hydrogen) atoms. The van der Waals surface area contributed by atoms with Gasteiger partial charge in [0, 0.05) is 20.2 Å². The number of nitrogens with one attached hydrogen (secondary N) is 1. The van der Waals surface area contributed by atoms with Crippen LogP contribution < -0.4 is 5.32 Å². The molecule has 3 heteroatoms. The highest BCUT2D eigenvalue weighted by molar-refractivity contribution is 5.26. The van der Waals surface area contributed by atoms with Crippen LogP contribution in [0.4, 0.5) is 0 Å². The van der Waals surface area contributed by atoms with Gasteiger partial charge < -0.3 is 15.2 Å². The first-order chi connectivity index (χ1) is 9.63. The Labute approximate surface area is 122 Å². The Hall–Kier alpha value is -0.900. The molecule has 112 valence electrons. The third-order valence-corrected chi connectivity index (χ3v) is 4.39. The third-order valence-electron chi connectivity index (χ3n) is 4.39. The molecule has 0 amide bonds. The van der Waals surface area contributed by atoms with Crippen LogP contribution in [0.25, 0.3) is 0 Å². The molecule has 1 aliphatic rings. The molecule has 3 nitrogen and oxygen atoms in total. The Morgan fingerprint density at radius 3 is 2.55 bits per heavy atom. The van der Waals surface area contributed by atoms with Crippen LogP contribution in [0.15, 0.2) is 24.3 Å². The van der Waals surface area contributed by atoms with Crippen molar-refractivity contribution in [2.75, 3.05) is 13.7 Å². The van der Waals surface area contributed by atoms with E-state index in [0.29, 0.717) is 13.2 Å². The number of methoxy groups -OCH3 is 1. The van der Waals surface area contributed by atoms with Gasteiger partial charge in [-0.2, -0.15) is 0 Å². The van der Waals surface area contributed by atoms with Gasteiger partial charge in [-0.25, -0.2) is 0 Å². The van der Waals surface area contributed by atoms with Gasteiger partial charge in [0.15, 0.2) is 0 Å². The number of hydrogen-bond donors (Lipinski definition) is 2. The van der Waals surface area contributed by atoms with E-state index in [9.17, 15) is 5.11 Å². The second-order valence-corrected chi connectivity index (χ2v) is 6.21. The van der Waals surface area contributed by atoms with Gasteiger partial charge >= 0.3 is 0 Å². The highest BCUT2D eigenvalue weighted by Gasteiger charge is 2.31. The van der Waals surface area contributed by atoms with Crippen LogP contribution >= 0.6 is 0 Å². The maximum Gasteiger partial charge on any atom is 0.0771 e. The van der Waals surface area contributed by atoms with E-state index >= 15 is 0 Å². The molecule has 0 aromatic heterocycles. The predicted octanol–water partition coefficient (Wildman–Crippen LogP) is 2.86. The van der Waals surface area contributed by atoms with Crippen molar-refractivity contribution in [2.45, 2.75) is 51.4 Å². The van der Waals surface area contributed by atoms with Gasteiger partial charge in [0.05, 0.1) is 12.2 Å². The lowest BCUT2D eigenvalue weighted by molar-refractivity contribution is -0.00632. The summed E-state index contributed by atoms with van der Waals surface area (Å²) in [6.45, 7) is 4.38. The smallest absolute Gasteiger partial charge is 0.0771 e. The van der Waals surface area contributed by atoms with Crippen LogP contribution in [-0.4, -0.2) is 24.4 Å². The molecule has 0 spiro atoms.